The summed E-state index contributed by atoms with van der Waals surface area (Å²) in [5, 5.41) is 0. The highest BCUT2D eigenvalue weighted by molar-refractivity contribution is 5.44. The highest BCUT2D eigenvalue weighted by Gasteiger charge is 2.49. The summed E-state index contributed by atoms with van der Waals surface area (Å²) in [5.74, 6) is 1.62. The third-order valence-electron chi connectivity index (χ3n) is 11.8. The smallest absolute Gasteiger partial charge is 0.122 e. The Morgan fingerprint density at radius 2 is 1.10 bits per heavy atom. The van der Waals surface area contributed by atoms with Gasteiger partial charge < -0.3 is 28.4 Å². The van der Waals surface area contributed by atoms with E-state index >= 15 is 0 Å². The molecule has 1 aliphatic carbocycles. The summed E-state index contributed by atoms with van der Waals surface area (Å²) in [5.41, 5.74) is 10.8. The van der Waals surface area contributed by atoms with Crippen molar-refractivity contribution in [3.05, 3.63) is 208 Å². The summed E-state index contributed by atoms with van der Waals surface area (Å²) in [6.07, 6.45) is 3.04. The molecule has 6 nitrogen and oxygen atoms in total. The van der Waals surface area contributed by atoms with Gasteiger partial charge in [0.2, 0.25) is 0 Å². The summed E-state index contributed by atoms with van der Waals surface area (Å²) in [7, 11) is 0. The minimum atomic E-state index is -0.495. The minimum absolute atomic E-state index is 0.325. The summed E-state index contributed by atoms with van der Waals surface area (Å²) in [4.78, 5) is 0. The third-order valence-corrected chi connectivity index (χ3v) is 11.8. The Morgan fingerprint density at radius 1 is 0.525 bits per heavy atom. The van der Waals surface area contributed by atoms with Crippen LogP contribution in [0.3, 0.4) is 0 Å². The van der Waals surface area contributed by atoms with Gasteiger partial charge in [0.15, 0.2) is 0 Å². The fraction of sp³-hybridized carbons (Fsp3) is 0.321. The van der Waals surface area contributed by atoms with E-state index < -0.39 is 30.5 Å². The van der Waals surface area contributed by atoms with Crippen LogP contribution < -0.4 is 4.74 Å². The molecule has 6 heteroatoms. The predicted octanol–water partition coefficient (Wildman–Crippen LogP) is 10.9. The molecule has 302 valence electrons. The molecule has 6 aromatic rings. The Hall–Kier alpha value is -5.08. The molecule has 6 aromatic carbocycles. The predicted molar refractivity (Wildman–Crippen MR) is 230 cm³/mol. The van der Waals surface area contributed by atoms with Gasteiger partial charge in [0.05, 0.1) is 39.6 Å². The lowest BCUT2D eigenvalue weighted by Gasteiger charge is -2.46. The van der Waals surface area contributed by atoms with Crippen molar-refractivity contribution in [1.82, 2.24) is 0 Å². The molecule has 2 heterocycles. The topological polar surface area (TPSA) is 55.4 Å². The van der Waals surface area contributed by atoms with Crippen LogP contribution >= 0.6 is 0 Å². The molecule has 3 aliphatic rings. The lowest BCUT2D eigenvalue weighted by atomic mass is 9.87. The van der Waals surface area contributed by atoms with Crippen molar-refractivity contribution in [3.63, 3.8) is 0 Å². The van der Waals surface area contributed by atoms with E-state index in [1.807, 2.05) is 48.5 Å². The van der Waals surface area contributed by atoms with Crippen molar-refractivity contribution in [1.29, 1.82) is 0 Å². The number of aryl methyl sites for hydroxylation is 1. The van der Waals surface area contributed by atoms with Crippen LogP contribution in [0.25, 0.3) is 0 Å². The zero-order valence-corrected chi connectivity index (χ0v) is 33.7. The second-order valence-corrected chi connectivity index (χ2v) is 16.2. The van der Waals surface area contributed by atoms with Gasteiger partial charge in [0.25, 0.3) is 0 Å². The van der Waals surface area contributed by atoms with Crippen molar-refractivity contribution >= 4 is 0 Å². The van der Waals surface area contributed by atoms with E-state index in [4.69, 9.17) is 28.4 Å². The average molecular weight is 787 g/mol. The van der Waals surface area contributed by atoms with Gasteiger partial charge in [-0.05, 0) is 94.2 Å². The van der Waals surface area contributed by atoms with Crippen molar-refractivity contribution in [3.8, 4) is 5.75 Å². The van der Waals surface area contributed by atoms with Crippen LogP contribution in [0.1, 0.15) is 81.4 Å². The van der Waals surface area contributed by atoms with Gasteiger partial charge in [-0.25, -0.2) is 0 Å². The van der Waals surface area contributed by atoms with Gasteiger partial charge in [-0.15, -0.1) is 0 Å². The van der Waals surface area contributed by atoms with E-state index in [9.17, 15) is 0 Å². The standard InChI is InChI=1S/C53H54O6/c1-5-14-38(15-6-1)33-54-37-49-51(56-34-39-16-7-2-8-17-39)53(58-36-41-20-11-4-12-21-41)52(57-35-40-18-9-3-10-19-40)50(59-49)45-26-27-47(43-24-25-43)46(32-45)31-42-23-28-48-44(30-42)22-13-29-55-48/h1-12,14-21,23,26-28,30,32,43,49-53H,13,22,24-25,29,31,33-37H2. The fourth-order valence-corrected chi connectivity index (χ4v) is 8.55. The molecular formula is C53H54O6. The Bertz CT molecular complexity index is 2210. The molecule has 1 saturated carbocycles. The zero-order valence-electron chi connectivity index (χ0n) is 33.7. The van der Waals surface area contributed by atoms with Crippen molar-refractivity contribution in [2.75, 3.05) is 13.2 Å². The molecule has 5 unspecified atom stereocenters. The molecule has 2 aliphatic heterocycles. The van der Waals surface area contributed by atoms with E-state index in [-0.39, 0.29) is 0 Å². The Labute approximate surface area is 349 Å². The molecule has 59 heavy (non-hydrogen) atoms. The zero-order chi connectivity index (χ0) is 39.6. The Kier molecular flexibility index (Phi) is 12.9. The summed E-state index contributed by atoms with van der Waals surface area (Å²) < 4.78 is 40.9. The van der Waals surface area contributed by atoms with Crippen LogP contribution in [0.2, 0.25) is 0 Å². The molecule has 5 atom stereocenters. The quantitative estimate of drug-likeness (QED) is 0.0918. The highest BCUT2D eigenvalue weighted by atomic mass is 16.6. The molecule has 0 spiro atoms. The normalized spacial score (nSPS) is 21.4. The molecule has 0 amide bonds. The SMILES string of the molecule is c1ccc(COCC2OC(c3ccc(C4CC4)c(Cc4ccc5c(c4)CCCO5)c3)C(OCc3ccccc3)C(OCc3ccccc3)C2OCc2ccccc2)cc1. The van der Waals surface area contributed by atoms with Gasteiger partial charge >= 0.3 is 0 Å². The molecule has 0 bridgehead atoms. The largest absolute Gasteiger partial charge is 0.493 e. The van der Waals surface area contributed by atoms with E-state index in [1.165, 1.54) is 35.1 Å². The van der Waals surface area contributed by atoms with Gasteiger partial charge in [-0.2, -0.15) is 0 Å². The van der Waals surface area contributed by atoms with Crippen LogP contribution in [0, 0.1) is 0 Å². The van der Waals surface area contributed by atoms with E-state index in [0.29, 0.717) is 39.0 Å². The molecule has 0 radical (unpaired) electrons. The Balaban J connectivity index is 1.09. The first-order valence-electron chi connectivity index (χ1n) is 21.3. The lowest BCUT2D eigenvalue weighted by molar-refractivity contribution is -0.275. The molecule has 9 rings (SSSR count). The summed E-state index contributed by atoms with van der Waals surface area (Å²) in [6, 6.07) is 55.0. The first-order chi connectivity index (χ1) is 29.2. The average Bonchev–Trinajstić information content (AvgIpc) is 4.14. The lowest BCUT2D eigenvalue weighted by Crippen LogP contribution is -2.58. The maximum Gasteiger partial charge on any atom is 0.122 e. The van der Waals surface area contributed by atoms with Crippen molar-refractivity contribution in [2.24, 2.45) is 0 Å². The van der Waals surface area contributed by atoms with E-state index in [0.717, 1.165) is 59.4 Å². The monoisotopic (exact) mass is 786 g/mol. The number of rotatable bonds is 17. The third kappa shape index (κ3) is 10.2. The maximum absolute atomic E-state index is 7.32. The van der Waals surface area contributed by atoms with Crippen LogP contribution in [0.4, 0.5) is 0 Å². The molecular weight excluding hydrogens is 733 g/mol. The highest BCUT2D eigenvalue weighted by Crippen LogP contribution is 2.45. The Morgan fingerprint density at radius 3 is 1.71 bits per heavy atom. The molecule has 0 aromatic heterocycles. The van der Waals surface area contributed by atoms with Gasteiger partial charge in [-0.3, -0.25) is 0 Å². The number of ether oxygens (including phenoxy) is 6. The van der Waals surface area contributed by atoms with Crippen molar-refractivity contribution < 1.29 is 28.4 Å². The summed E-state index contributed by atoms with van der Waals surface area (Å²) in [6.45, 7) is 2.79. The number of benzene rings is 6. The second kappa shape index (κ2) is 19.3. The number of fused-ring (bicyclic) bond motifs is 1. The first-order valence-corrected chi connectivity index (χ1v) is 21.3. The fourth-order valence-electron chi connectivity index (χ4n) is 8.55. The van der Waals surface area contributed by atoms with Gasteiger partial charge in [0.1, 0.15) is 36.3 Å². The van der Waals surface area contributed by atoms with Crippen LogP contribution in [-0.2, 0) is 63.0 Å². The molecule has 1 saturated heterocycles. The number of hydrogen-bond donors (Lipinski definition) is 0. The first kappa shape index (κ1) is 39.4. The van der Waals surface area contributed by atoms with E-state index in [1.54, 1.807) is 0 Å². The van der Waals surface area contributed by atoms with Gasteiger partial charge in [-0.1, -0.05) is 152 Å². The van der Waals surface area contributed by atoms with Crippen LogP contribution in [0.5, 0.6) is 5.75 Å². The van der Waals surface area contributed by atoms with Crippen LogP contribution in [0.15, 0.2) is 158 Å². The number of hydrogen-bond acceptors (Lipinski definition) is 6. The maximum atomic E-state index is 7.32. The van der Waals surface area contributed by atoms with Gasteiger partial charge in [0, 0.05) is 0 Å². The molecule has 2 fully saturated rings. The second-order valence-electron chi connectivity index (χ2n) is 16.2. The minimum Gasteiger partial charge on any atom is -0.493 e. The molecule has 0 N–H and O–H groups in total. The summed E-state index contributed by atoms with van der Waals surface area (Å²) >= 11 is 0. The van der Waals surface area contributed by atoms with Crippen molar-refractivity contribution in [2.45, 2.75) is 95.0 Å². The van der Waals surface area contributed by atoms with E-state index in [2.05, 4.69) is 109 Å². The van der Waals surface area contributed by atoms with Crippen LogP contribution in [-0.4, -0.2) is 37.6 Å².